The van der Waals surface area contributed by atoms with Gasteiger partial charge in [-0.3, -0.25) is 5.10 Å². The monoisotopic (exact) mass is 355 g/mol. The number of rotatable bonds is 7. The summed E-state index contributed by atoms with van der Waals surface area (Å²) in [7, 11) is 0. The Labute approximate surface area is 140 Å². The van der Waals surface area contributed by atoms with Crippen LogP contribution in [0.5, 0.6) is 5.75 Å². The fourth-order valence-corrected chi connectivity index (χ4v) is 2.09. The molecule has 8 nitrogen and oxygen atoms in total. The van der Waals surface area contributed by atoms with Gasteiger partial charge in [-0.15, -0.1) is 5.10 Å². The lowest BCUT2D eigenvalue weighted by Crippen LogP contribution is -2.22. The standard InChI is InChI=1S/C14H16F3N7O/c1-7(3-15)21-14-22-13-11(25-8(2)12(16)17)10(9-4-19-20-5-9)18-6-24(13)23-14/h4-8,12H,3H2,1-2H3,(H,19,20)(H,21,23)/t7-,8+/m0/s1. The number of aromatic nitrogens is 6. The van der Waals surface area contributed by atoms with E-state index in [-0.39, 0.29) is 17.3 Å². The Morgan fingerprint density at radius 2 is 2.16 bits per heavy atom. The van der Waals surface area contributed by atoms with Crippen molar-refractivity contribution in [2.45, 2.75) is 32.4 Å². The van der Waals surface area contributed by atoms with Crippen LogP contribution in [-0.4, -0.2) is 55.0 Å². The van der Waals surface area contributed by atoms with Crippen molar-refractivity contribution in [2.75, 3.05) is 12.0 Å². The predicted molar refractivity (Wildman–Crippen MR) is 83.5 cm³/mol. The normalized spacial score (nSPS) is 14.0. The Balaban J connectivity index is 2.09. The molecule has 0 unspecified atom stereocenters. The molecule has 0 spiro atoms. The summed E-state index contributed by atoms with van der Waals surface area (Å²) in [5, 5.41) is 13.3. The van der Waals surface area contributed by atoms with Gasteiger partial charge in [-0.1, -0.05) is 0 Å². The van der Waals surface area contributed by atoms with Gasteiger partial charge in [0.05, 0.1) is 12.2 Å². The summed E-state index contributed by atoms with van der Waals surface area (Å²) in [5.41, 5.74) is 1.03. The fourth-order valence-electron chi connectivity index (χ4n) is 2.09. The van der Waals surface area contributed by atoms with Gasteiger partial charge in [-0.05, 0) is 13.8 Å². The number of aromatic amines is 1. The predicted octanol–water partition coefficient (Wildman–Crippen LogP) is 2.32. The van der Waals surface area contributed by atoms with E-state index in [1.54, 1.807) is 13.1 Å². The third-order valence-electron chi connectivity index (χ3n) is 3.38. The molecule has 0 radical (unpaired) electrons. The summed E-state index contributed by atoms with van der Waals surface area (Å²) < 4.78 is 45.3. The van der Waals surface area contributed by atoms with Gasteiger partial charge >= 0.3 is 0 Å². The quantitative estimate of drug-likeness (QED) is 0.676. The summed E-state index contributed by atoms with van der Waals surface area (Å²) in [6, 6.07) is -0.497. The Bertz CT molecular complexity index is 836. The summed E-state index contributed by atoms with van der Waals surface area (Å²) in [6.07, 6.45) is 0.343. The maximum atomic E-state index is 13.0. The van der Waals surface area contributed by atoms with Crippen LogP contribution in [0.3, 0.4) is 0 Å². The molecule has 2 N–H and O–H groups in total. The number of nitrogens with one attached hydrogen (secondary N) is 2. The van der Waals surface area contributed by atoms with Crippen LogP contribution in [0.25, 0.3) is 16.9 Å². The molecule has 0 aliphatic heterocycles. The molecule has 0 aliphatic carbocycles. The number of ether oxygens (including phenoxy) is 1. The van der Waals surface area contributed by atoms with Gasteiger partial charge in [0.1, 0.15) is 18.7 Å². The average molecular weight is 355 g/mol. The second-order valence-corrected chi connectivity index (χ2v) is 5.47. The number of alkyl halides is 3. The number of hydrogen-bond donors (Lipinski definition) is 2. The molecule has 3 aromatic rings. The van der Waals surface area contributed by atoms with Crippen molar-refractivity contribution in [1.82, 2.24) is 29.8 Å². The Morgan fingerprint density at radius 3 is 2.80 bits per heavy atom. The first-order chi connectivity index (χ1) is 12.0. The smallest absolute Gasteiger partial charge is 0.274 e. The highest BCUT2D eigenvalue weighted by molar-refractivity contribution is 5.73. The number of halogens is 3. The lowest BCUT2D eigenvalue weighted by Gasteiger charge is -2.15. The molecule has 3 aromatic heterocycles. The molecule has 0 saturated heterocycles. The van der Waals surface area contributed by atoms with Crippen LogP contribution in [0, 0.1) is 0 Å². The average Bonchev–Trinajstić information content (AvgIpc) is 3.24. The number of hydrogen-bond acceptors (Lipinski definition) is 6. The molecule has 134 valence electrons. The van der Waals surface area contributed by atoms with E-state index in [4.69, 9.17) is 4.74 Å². The SMILES string of the molecule is C[C@@H](CF)Nc1nc2c(O[C@H](C)C(F)F)c(-c3cn[nH]c3)ncn2n1. The fraction of sp³-hybridized carbons (Fsp3) is 0.429. The van der Waals surface area contributed by atoms with Crippen LogP contribution in [0.15, 0.2) is 18.7 Å². The lowest BCUT2D eigenvalue weighted by molar-refractivity contribution is 0.0233. The highest BCUT2D eigenvalue weighted by atomic mass is 19.3. The van der Waals surface area contributed by atoms with Crippen LogP contribution >= 0.6 is 0 Å². The van der Waals surface area contributed by atoms with Crippen molar-refractivity contribution in [2.24, 2.45) is 0 Å². The Hall–Kier alpha value is -2.85. The molecular weight excluding hydrogens is 339 g/mol. The van der Waals surface area contributed by atoms with E-state index >= 15 is 0 Å². The summed E-state index contributed by atoms with van der Waals surface area (Å²) in [6.45, 7) is 2.25. The number of anilines is 1. The first kappa shape index (κ1) is 17.0. The molecule has 25 heavy (non-hydrogen) atoms. The molecule has 0 bridgehead atoms. The van der Waals surface area contributed by atoms with Gasteiger partial charge in [-0.2, -0.15) is 14.6 Å². The van der Waals surface area contributed by atoms with E-state index in [1.165, 1.54) is 24.0 Å². The molecule has 2 atom stereocenters. The van der Waals surface area contributed by atoms with E-state index < -0.39 is 25.2 Å². The minimum absolute atomic E-state index is 0.0464. The molecule has 0 aliphatic rings. The molecule has 3 heterocycles. The Kier molecular flexibility index (Phi) is 4.72. The Morgan fingerprint density at radius 1 is 1.36 bits per heavy atom. The minimum atomic E-state index is -2.69. The van der Waals surface area contributed by atoms with Crippen LogP contribution in [0.4, 0.5) is 19.1 Å². The molecule has 0 fully saturated rings. The maximum absolute atomic E-state index is 13.0. The van der Waals surface area contributed by atoms with Gasteiger partial charge in [0, 0.05) is 11.8 Å². The number of H-pyrrole nitrogens is 1. The van der Waals surface area contributed by atoms with Crippen LogP contribution < -0.4 is 10.1 Å². The second kappa shape index (κ2) is 6.95. The van der Waals surface area contributed by atoms with Crippen molar-refractivity contribution < 1.29 is 17.9 Å². The zero-order chi connectivity index (χ0) is 18.0. The lowest BCUT2D eigenvalue weighted by atomic mass is 10.2. The van der Waals surface area contributed by atoms with E-state index in [0.717, 1.165) is 0 Å². The summed E-state index contributed by atoms with van der Waals surface area (Å²) >= 11 is 0. The van der Waals surface area contributed by atoms with Crippen LogP contribution in [0.2, 0.25) is 0 Å². The van der Waals surface area contributed by atoms with Crippen molar-refractivity contribution in [3.05, 3.63) is 18.7 Å². The molecular formula is C14H16F3N7O. The minimum Gasteiger partial charge on any atom is -0.478 e. The number of nitrogens with zero attached hydrogens (tertiary/aromatic N) is 5. The van der Waals surface area contributed by atoms with Crippen molar-refractivity contribution in [3.8, 4) is 17.0 Å². The summed E-state index contributed by atoms with van der Waals surface area (Å²) in [4.78, 5) is 8.42. The van der Waals surface area contributed by atoms with Crippen molar-refractivity contribution >= 4 is 11.6 Å². The van der Waals surface area contributed by atoms with Crippen LogP contribution in [-0.2, 0) is 0 Å². The van der Waals surface area contributed by atoms with E-state index in [9.17, 15) is 13.2 Å². The highest BCUT2D eigenvalue weighted by Crippen LogP contribution is 2.32. The number of fused-ring (bicyclic) bond motifs is 1. The molecule has 3 rings (SSSR count). The van der Waals surface area contributed by atoms with E-state index in [1.807, 2.05) is 0 Å². The third-order valence-corrected chi connectivity index (χ3v) is 3.38. The largest absolute Gasteiger partial charge is 0.478 e. The molecule has 0 aromatic carbocycles. The third kappa shape index (κ3) is 3.49. The molecule has 0 saturated carbocycles. The second-order valence-electron chi connectivity index (χ2n) is 5.47. The van der Waals surface area contributed by atoms with Crippen molar-refractivity contribution in [1.29, 1.82) is 0 Å². The van der Waals surface area contributed by atoms with E-state index in [0.29, 0.717) is 11.3 Å². The summed E-state index contributed by atoms with van der Waals surface area (Å²) in [5.74, 6) is 0.191. The topological polar surface area (TPSA) is 93.0 Å². The van der Waals surface area contributed by atoms with Crippen molar-refractivity contribution in [3.63, 3.8) is 0 Å². The van der Waals surface area contributed by atoms with Gasteiger partial charge < -0.3 is 10.1 Å². The van der Waals surface area contributed by atoms with E-state index in [2.05, 4.69) is 30.6 Å². The first-order valence-corrected chi connectivity index (χ1v) is 7.51. The van der Waals surface area contributed by atoms with Gasteiger partial charge in [-0.25, -0.2) is 18.2 Å². The first-order valence-electron chi connectivity index (χ1n) is 7.51. The molecule has 0 amide bonds. The van der Waals surface area contributed by atoms with Crippen LogP contribution in [0.1, 0.15) is 13.8 Å². The highest BCUT2D eigenvalue weighted by Gasteiger charge is 2.24. The van der Waals surface area contributed by atoms with Gasteiger partial charge in [0.2, 0.25) is 11.6 Å². The molecule has 11 heteroatoms. The zero-order valence-corrected chi connectivity index (χ0v) is 13.4. The maximum Gasteiger partial charge on any atom is 0.274 e. The van der Waals surface area contributed by atoms with Gasteiger partial charge in [0.15, 0.2) is 11.9 Å². The van der Waals surface area contributed by atoms with Gasteiger partial charge in [0.25, 0.3) is 6.43 Å². The zero-order valence-electron chi connectivity index (χ0n) is 13.4.